The second-order valence-electron chi connectivity index (χ2n) is 6.92. The van der Waals surface area contributed by atoms with E-state index in [0.717, 1.165) is 11.0 Å². The average Bonchev–Trinajstić information content (AvgIpc) is 2.75. The fraction of sp³-hybridized carbons (Fsp3) is 0.450. The van der Waals surface area contributed by atoms with Crippen LogP contribution in [0.4, 0.5) is 0 Å². The number of methoxy groups -OCH3 is 1. The number of rotatable bonds is 8. The van der Waals surface area contributed by atoms with E-state index in [1.807, 2.05) is 19.1 Å². The number of piperidine rings is 1. The monoisotopic (exact) mass is 438 g/mol. The molecule has 1 saturated heterocycles. The molecule has 1 aromatic rings. The minimum absolute atomic E-state index is 0.232. The summed E-state index contributed by atoms with van der Waals surface area (Å²) in [4.78, 5) is 36.9. The van der Waals surface area contributed by atoms with E-state index in [4.69, 9.17) is 9.47 Å². The third-order valence-corrected chi connectivity index (χ3v) is 5.71. The van der Waals surface area contributed by atoms with Gasteiger partial charge in [-0.25, -0.2) is 13.1 Å². The van der Waals surface area contributed by atoms with E-state index >= 15 is 0 Å². The number of hydrogen-bond acceptors (Lipinski definition) is 7. The van der Waals surface area contributed by atoms with E-state index in [2.05, 4.69) is 4.72 Å². The van der Waals surface area contributed by atoms with Crippen LogP contribution in [-0.2, 0) is 33.9 Å². The highest BCUT2D eigenvalue weighted by molar-refractivity contribution is 7.92. The maximum absolute atomic E-state index is 12.1. The number of likely N-dealkylation sites (tertiary alicyclic amines) is 1. The minimum atomic E-state index is -3.83. The Morgan fingerprint density at radius 1 is 1.17 bits per heavy atom. The molecule has 0 saturated carbocycles. The summed E-state index contributed by atoms with van der Waals surface area (Å²) in [6, 6.07) is 7.25. The summed E-state index contributed by atoms with van der Waals surface area (Å²) in [7, 11) is -2.51. The Hall–Kier alpha value is -2.72. The van der Waals surface area contributed by atoms with Crippen molar-refractivity contribution in [3.05, 3.63) is 40.8 Å². The number of aryl methyl sites for hydroxylation is 1. The number of amides is 1. The largest absolute Gasteiger partial charge is 0.469 e. The molecule has 10 heteroatoms. The van der Waals surface area contributed by atoms with Gasteiger partial charge < -0.3 is 14.4 Å². The molecular formula is C20H26N2O7S. The maximum atomic E-state index is 12.1. The van der Waals surface area contributed by atoms with Crippen molar-refractivity contribution < 1.29 is 32.3 Å². The molecular weight excluding hydrogens is 412 g/mol. The molecule has 1 fully saturated rings. The third-order valence-electron chi connectivity index (χ3n) is 4.67. The molecule has 1 heterocycles. The molecule has 0 bridgehead atoms. The Morgan fingerprint density at radius 2 is 1.80 bits per heavy atom. The van der Waals surface area contributed by atoms with Crippen LogP contribution < -0.4 is 4.72 Å². The molecule has 164 valence electrons. The van der Waals surface area contributed by atoms with Gasteiger partial charge in [-0.3, -0.25) is 14.4 Å². The van der Waals surface area contributed by atoms with Crippen LogP contribution in [0.5, 0.6) is 0 Å². The lowest BCUT2D eigenvalue weighted by molar-refractivity contribution is -0.153. The Bertz CT molecular complexity index is 886. The minimum Gasteiger partial charge on any atom is -0.469 e. The van der Waals surface area contributed by atoms with Gasteiger partial charge in [-0.15, -0.1) is 0 Å². The summed E-state index contributed by atoms with van der Waals surface area (Å²) in [6.45, 7) is 1.59. The molecule has 9 nitrogen and oxygen atoms in total. The zero-order chi connectivity index (χ0) is 22.1. The molecule has 0 spiro atoms. The fourth-order valence-corrected chi connectivity index (χ4v) is 3.62. The first-order chi connectivity index (χ1) is 14.2. The summed E-state index contributed by atoms with van der Waals surface area (Å²) in [5.74, 6) is -1.78. The van der Waals surface area contributed by atoms with Crippen molar-refractivity contribution in [1.29, 1.82) is 0 Å². The van der Waals surface area contributed by atoms with Gasteiger partial charge in [0.15, 0.2) is 6.61 Å². The van der Waals surface area contributed by atoms with E-state index in [-0.39, 0.29) is 11.9 Å². The van der Waals surface area contributed by atoms with Gasteiger partial charge in [0.25, 0.3) is 5.91 Å². The zero-order valence-corrected chi connectivity index (χ0v) is 17.8. The molecule has 0 radical (unpaired) electrons. The molecule has 0 aromatic heterocycles. The first kappa shape index (κ1) is 23.6. The van der Waals surface area contributed by atoms with Crippen molar-refractivity contribution in [2.75, 3.05) is 33.4 Å². The number of benzene rings is 1. The third kappa shape index (κ3) is 7.60. The van der Waals surface area contributed by atoms with Crippen molar-refractivity contribution in [2.45, 2.75) is 19.8 Å². The Labute approximate surface area is 176 Å². The first-order valence-electron chi connectivity index (χ1n) is 9.46. The highest BCUT2D eigenvalue weighted by Gasteiger charge is 2.28. The van der Waals surface area contributed by atoms with Crippen molar-refractivity contribution in [3.8, 4) is 0 Å². The molecule has 0 atom stereocenters. The van der Waals surface area contributed by atoms with E-state index in [0.29, 0.717) is 31.5 Å². The fourth-order valence-electron chi connectivity index (χ4n) is 2.87. The van der Waals surface area contributed by atoms with Crippen LogP contribution in [0.1, 0.15) is 24.0 Å². The molecule has 0 unspecified atom stereocenters. The van der Waals surface area contributed by atoms with Crippen LogP contribution in [0, 0.1) is 12.8 Å². The van der Waals surface area contributed by atoms with Crippen LogP contribution in [0.3, 0.4) is 0 Å². The van der Waals surface area contributed by atoms with Gasteiger partial charge in [0.2, 0.25) is 10.0 Å². The second-order valence-corrected chi connectivity index (χ2v) is 8.57. The highest BCUT2D eigenvalue weighted by atomic mass is 32.2. The summed E-state index contributed by atoms with van der Waals surface area (Å²) >= 11 is 0. The SMILES string of the molecule is COC(=O)C1CCN(C(=O)COC(=O)CNS(=O)(=O)/C=C/c2ccc(C)cc2)CC1. The summed E-state index contributed by atoms with van der Waals surface area (Å²) in [5.41, 5.74) is 1.76. The quantitative estimate of drug-likeness (QED) is 0.597. The summed E-state index contributed by atoms with van der Waals surface area (Å²) < 4.78 is 35.6. The van der Waals surface area contributed by atoms with Crippen LogP contribution in [-0.4, -0.2) is 64.5 Å². The molecule has 30 heavy (non-hydrogen) atoms. The highest BCUT2D eigenvalue weighted by Crippen LogP contribution is 2.18. The van der Waals surface area contributed by atoms with Crippen LogP contribution in [0.2, 0.25) is 0 Å². The summed E-state index contributed by atoms with van der Waals surface area (Å²) in [5, 5.41) is 0.960. The zero-order valence-electron chi connectivity index (χ0n) is 17.0. The number of nitrogens with one attached hydrogen (secondary N) is 1. The average molecular weight is 439 g/mol. The molecule has 2 rings (SSSR count). The van der Waals surface area contributed by atoms with Gasteiger partial charge >= 0.3 is 11.9 Å². The van der Waals surface area contributed by atoms with Gasteiger partial charge in [0.05, 0.1) is 13.0 Å². The molecule has 1 N–H and O–H groups in total. The standard InChI is InChI=1S/C20H26N2O7S/c1-15-3-5-16(6-4-15)9-12-30(26,27)21-13-19(24)29-14-18(23)22-10-7-17(8-11-22)20(25)28-2/h3-6,9,12,17,21H,7-8,10-11,13-14H2,1-2H3/b12-9+. The van der Waals surface area contributed by atoms with Gasteiger partial charge in [-0.1, -0.05) is 29.8 Å². The number of sulfonamides is 1. The predicted octanol–water partition coefficient (Wildman–Crippen LogP) is 0.840. The predicted molar refractivity (Wildman–Crippen MR) is 109 cm³/mol. The smallest absolute Gasteiger partial charge is 0.321 e. The summed E-state index contributed by atoms with van der Waals surface area (Å²) in [6.07, 6.45) is 2.38. The number of carbonyl (C=O) groups is 3. The van der Waals surface area contributed by atoms with Crippen molar-refractivity contribution in [1.82, 2.24) is 9.62 Å². The Morgan fingerprint density at radius 3 is 2.40 bits per heavy atom. The number of nitrogens with zero attached hydrogens (tertiary/aromatic N) is 1. The van der Waals surface area contributed by atoms with Gasteiger partial charge in [-0.05, 0) is 31.4 Å². The normalized spacial score (nSPS) is 15.2. The lowest BCUT2D eigenvalue weighted by atomic mass is 9.97. The molecule has 1 amide bonds. The Kier molecular flexibility index (Phi) is 8.55. The van der Waals surface area contributed by atoms with E-state index in [1.54, 1.807) is 12.1 Å². The topological polar surface area (TPSA) is 119 Å². The number of ether oxygens (including phenoxy) is 2. The van der Waals surface area contributed by atoms with E-state index in [9.17, 15) is 22.8 Å². The molecule has 1 aliphatic heterocycles. The molecule has 1 aromatic carbocycles. The van der Waals surface area contributed by atoms with E-state index < -0.39 is 35.1 Å². The number of esters is 2. The lowest BCUT2D eigenvalue weighted by Crippen LogP contribution is -2.42. The van der Waals surface area contributed by atoms with Crippen molar-refractivity contribution in [2.24, 2.45) is 5.92 Å². The number of hydrogen-bond donors (Lipinski definition) is 1. The Balaban J connectivity index is 1.72. The van der Waals surface area contributed by atoms with Gasteiger partial charge in [0.1, 0.15) is 6.54 Å². The van der Waals surface area contributed by atoms with Crippen molar-refractivity contribution in [3.63, 3.8) is 0 Å². The maximum Gasteiger partial charge on any atom is 0.321 e. The molecule has 1 aliphatic rings. The lowest BCUT2D eigenvalue weighted by Gasteiger charge is -2.30. The first-order valence-corrected chi connectivity index (χ1v) is 11.0. The molecule has 0 aliphatic carbocycles. The number of carbonyl (C=O) groups excluding carboxylic acids is 3. The van der Waals surface area contributed by atoms with Gasteiger partial charge in [-0.2, -0.15) is 0 Å². The van der Waals surface area contributed by atoms with Crippen LogP contribution in [0.25, 0.3) is 6.08 Å². The second kappa shape index (κ2) is 10.9. The van der Waals surface area contributed by atoms with Gasteiger partial charge in [0, 0.05) is 18.5 Å². The van der Waals surface area contributed by atoms with Crippen molar-refractivity contribution >= 4 is 33.9 Å². The van der Waals surface area contributed by atoms with Crippen LogP contribution >= 0.6 is 0 Å². The van der Waals surface area contributed by atoms with Crippen LogP contribution in [0.15, 0.2) is 29.7 Å². The van der Waals surface area contributed by atoms with E-state index in [1.165, 1.54) is 18.1 Å².